The van der Waals surface area contributed by atoms with E-state index in [9.17, 15) is 4.79 Å². The van der Waals surface area contributed by atoms with Gasteiger partial charge in [0.1, 0.15) is 0 Å². The number of nitrogens with zero attached hydrogens (tertiary/aromatic N) is 1. The van der Waals surface area contributed by atoms with Crippen LogP contribution in [0.3, 0.4) is 0 Å². The zero-order valence-corrected chi connectivity index (χ0v) is 8.79. The van der Waals surface area contributed by atoms with Crippen LogP contribution in [0.1, 0.15) is 34.8 Å². The molecule has 0 saturated carbocycles. The van der Waals surface area contributed by atoms with Crippen LogP contribution in [0.4, 0.5) is 0 Å². The standard InChI is InChI=1S/C13H11NO/c1-10-9-12(5-3-4-8-14)6-7-13(10)11(2)15/h6-7,9H,4H2,1-2H3. The summed E-state index contributed by atoms with van der Waals surface area (Å²) in [6.07, 6.45) is 0.230. The minimum Gasteiger partial charge on any atom is -0.295 e. The van der Waals surface area contributed by atoms with Gasteiger partial charge in [0.2, 0.25) is 0 Å². The Morgan fingerprint density at radius 2 is 2.20 bits per heavy atom. The van der Waals surface area contributed by atoms with Gasteiger partial charge >= 0.3 is 0 Å². The Morgan fingerprint density at radius 1 is 1.47 bits per heavy atom. The van der Waals surface area contributed by atoms with E-state index >= 15 is 0 Å². The fourth-order valence-electron chi connectivity index (χ4n) is 1.32. The van der Waals surface area contributed by atoms with Crippen LogP contribution in [0.25, 0.3) is 0 Å². The predicted molar refractivity (Wildman–Crippen MR) is 58.3 cm³/mol. The third-order valence-corrected chi connectivity index (χ3v) is 2.01. The molecule has 0 saturated heterocycles. The van der Waals surface area contributed by atoms with Gasteiger partial charge in [-0.25, -0.2) is 0 Å². The van der Waals surface area contributed by atoms with Crippen LogP contribution >= 0.6 is 0 Å². The summed E-state index contributed by atoms with van der Waals surface area (Å²) in [5, 5.41) is 8.32. The molecule has 74 valence electrons. The van der Waals surface area contributed by atoms with Crippen molar-refractivity contribution in [2.45, 2.75) is 20.3 Å². The van der Waals surface area contributed by atoms with Crippen LogP contribution in [0.2, 0.25) is 0 Å². The lowest BCUT2D eigenvalue weighted by Gasteiger charge is -2.01. The van der Waals surface area contributed by atoms with E-state index in [1.807, 2.05) is 19.1 Å². The second-order valence-corrected chi connectivity index (χ2v) is 3.22. The second kappa shape index (κ2) is 4.98. The first-order valence-electron chi connectivity index (χ1n) is 4.62. The van der Waals surface area contributed by atoms with Crippen molar-refractivity contribution in [1.29, 1.82) is 5.26 Å². The summed E-state index contributed by atoms with van der Waals surface area (Å²) in [6, 6.07) is 7.39. The maximum Gasteiger partial charge on any atom is 0.160 e. The Kier molecular flexibility index (Phi) is 3.66. The lowest BCUT2D eigenvalue weighted by Crippen LogP contribution is -1.95. The van der Waals surface area contributed by atoms with Gasteiger partial charge in [0, 0.05) is 11.1 Å². The van der Waals surface area contributed by atoms with Crippen LogP contribution < -0.4 is 0 Å². The summed E-state index contributed by atoms with van der Waals surface area (Å²) in [5.74, 6) is 5.66. The summed E-state index contributed by atoms with van der Waals surface area (Å²) < 4.78 is 0. The number of benzene rings is 1. The highest BCUT2D eigenvalue weighted by Gasteiger charge is 2.02. The average molecular weight is 197 g/mol. The first-order chi connectivity index (χ1) is 7.15. The molecule has 15 heavy (non-hydrogen) atoms. The molecule has 0 heterocycles. The molecule has 0 fully saturated rings. The highest BCUT2D eigenvalue weighted by Crippen LogP contribution is 2.10. The van der Waals surface area contributed by atoms with Crippen molar-refractivity contribution in [3.05, 3.63) is 34.9 Å². The number of hydrogen-bond acceptors (Lipinski definition) is 2. The highest BCUT2D eigenvalue weighted by atomic mass is 16.1. The Hall–Kier alpha value is -2.06. The molecular weight excluding hydrogens is 186 g/mol. The van der Waals surface area contributed by atoms with Gasteiger partial charge in [-0.1, -0.05) is 11.8 Å². The molecule has 0 aromatic heterocycles. The van der Waals surface area contributed by atoms with Gasteiger partial charge in [0.15, 0.2) is 5.78 Å². The first-order valence-corrected chi connectivity index (χ1v) is 4.62. The zero-order valence-electron chi connectivity index (χ0n) is 8.79. The van der Waals surface area contributed by atoms with E-state index in [2.05, 4.69) is 11.8 Å². The van der Waals surface area contributed by atoms with Gasteiger partial charge in [-0.05, 0) is 37.6 Å². The first kappa shape index (κ1) is 11.0. The number of carbonyl (C=O) groups excluding carboxylic acids is 1. The number of Topliss-reactive ketones (excluding diaryl/α,β-unsaturated/α-hetero) is 1. The number of rotatable bonds is 1. The van der Waals surface area contributed by atoms with Crippen molar-refractivity contribution in [3.8, 4) is 17.9 Å². The monoisotopic (exact) mass is 197 g/mol. The Morgan fingerprint density at radius 3 is 2.73 bits per heavy atom. The van der Waals surface area contributed by atoms with Crippen molar-refractivity contribution in [2.75, 3.05) is 0 Å². The number of aryl methyl sites for hydroxylation is 1. The molecule has 1 aromatic carbocycles. The smallest absolute Gasteiger partial charge is 0.160 e. The van der Waals surface area contributed by atoms with Crippen LogP contribution in [-0.2, 0) is 0 Å². The molecule has 0 N–H and O–H groups in total. The zero-order chi connectivity index (χ0) is 11.3. The average Bonchev–Trinajstić information content (AvgIpc) is 2.17. The fourth-order valence-corrected chi connectivity index (χ4v) is 1.32. The van der Waals surface area contributed by atoms with Crippen molar-refractivity contribution < 1.29 is 4.79 Å². The van der Waals surface area contributed by atoms with E-state index in [0.717, 1.165) is 16.7 Å². The maximum atomic E-state index is 11.2. The van der Waals surface area contributed by atoms with Crippen LogP contribution in [0.15, 0.2) is 18.2 Å². The van der Waals surface area contributed by atoms with Gasteiger partial charge in [-0.3, -0.25) is 4.79 Å². The van der Waals surface area contributed by atoms with Crippen LogP contribution in [0, 0.1) is 30.1 Å². The van der Waals surface area contributed by atoms with Crippen molar-refractivity contribution in [2.24, 2.45) is 0 Å². The van der Waals surface area contributed by atoms with Gasteiger partial charge in [-0.15, -0.1) is 0 Å². The number of carbonyl (C=O) groups is 1. The van der Waals surface area contributed by atoms with Gasteiger partial charge in [0.05, 0.1) is 12.5 Å². The van der Waals surface area contributed by atoms with E-state index in [4.69, 9.17) is 5.26 Å². The molecule has 2 nitrogen and oxygen atoms in total. The molecule has 0 aliphatic carbocycles. The van der Waals surface area contributed by atoms with E-state index in [1.54, 1.807) is 19.1 Å². The normalized spacial score (nSPS) is 8.60. The van der Waals surface area contributed by atoms with Gasteiger partial charge in [0.25, 0.3) is 0 Å². The molecule has 0 spiro atoms. The molecular formula is C13H11NO. The predicted octanol–water partition coefficient (Wildman–Crippen LogP) is 2.46. The summed E-state index contributed by atoms with van der Waals surface area (Å²) in [7, 11) is 0. The third-order valence-electron chi connectivity index (χ3n) is 2.01. The molecule has 0 unspecified atom stereocenters. The Labute approximate surface area is 89.5 Å². The van der Waals surface area contributed by atoms with E-state index < -0.39 is 0 Å². The molecule has 0 aliphatic heterocycles. The second-order valence-electron chi connectivity index (χ2n) is 3.22. The number of hydrogen-bond donors (Lipinski definition) is 0. The van der Waals surface area contributed by atoms with E-state index in [1.165, 1.54) is 0 Å². The highest BCUT2D eigenvalue weighted by molar-refractivity contribution is 5.95. The Balaban J connectivity index is 2.99. The summed E-state index contributed by atoms with van der Waals surface area (Å²) >= 11 is 0. The fraction of sp³-hybridized carbons (Fsp3) is 0.231. The molecule has 0 aliphatic rings. The van der Waals surface area contributed by atoms with Gasteiger partial charge < -0.3 is 0 Å². The SMILES string of the molecule is CC(=O)c1ccc(C#CCC#N)cc1C. The minimum absolute atomic E-state index is 0.0593. The van der Waals surface area contributed by atoms with Crippen molar-refractivity contribution >= 4 is 5.78 Å². The molecule has 0 radical (unpaired) electrons. The van der Waals surface area contributed by atoms with Crippen LogP contribution in [-0.4, -0.2) is 5.78 Å². The lowest BCUT2D eigenvalue weighted by molar-refractivity contribution is 0.101. The molecule has 1 aromatic rings. The molecule has 0 bridgehead atoms. The Bertz CT molecular complexity index is 483. The largest absolute Gasteiger partial charge is 0.295 e. The van der Waals surface area contributed by atoms with Crippen LogP contribution in [0.5, 0.6) is 0 Å². The van der Waals surface area contributed by atoms with E-state index in [-0.39, 0.29) is 12.2 Å². The molecule has 2 heteroatoms. The van der Waals surface area contributed by atoms with E-state index in [0.29, 0.717) is 0 Å². The molecule has 1 rings (SSSR count). The lowest BCUT2D eigenvalue weighted by atomic mass is 10.0. The topological polar surface area (TPSA) is 40.9 Å². The number of ketones is 1. The summed E-state index contributed by atoms with van der Waals surface area (Å²) in [5.41, 5.74) is 2.49. The summed E-state index contributed by atoms with van der Waals surface area (Å²) in [6.45, 7) is 3.43. The summed E-state index contributed by atoms with van der Waals surface area (Å²) in [4.78, 5) is 11.2. The third kappa shape index (κ3) is 2.97. The number of nitriles is 1. The quantitative estimate of drug-likeness (QED) is 0.512. The minimum atomic E-state index is 0.0593. The maximum absolute atomic E-state index is 11.2. The molecule has 0 amide bonds. The van der Waals surface area contributed by atoms with Gasteiger partial charge in [-0.2, -0.15) is 5.26 Å². The molecule has 0 atom stereocenters. The van der Waals surface area contributed by atoms with Crippen molar-refractivity contribution in [1.82, 2.24) is 0 Å². The van der Waals surface area contributed by atoms with Crippen molar-refractivity contribution in [3.63, 3.8) is 0 Å².